The minimum Gasteiger partial charge on any atom is -0.382 e. The van der Waals surface area contributed by atoms with E-state index in [4.69, 9.17) is 0 Å². The van der Waals surface area contributed by atoms with Crippen LogP contribution in [0.15, 0.2) is 48.5 Å². The number of hydrogen-bond acceptors (Lipinski definition) is 1. The fourth-order valence-corrected chi connectivity index (χ4v) is 2.99. The minimum absolute atomic E-state index is 0.631. The first-order valence-electron chi connectivity index (χ1n) is 6.79. The maximum Gasteiger partial charge on any atom is 0.0343 e. The number of hydrogen-bond donors (Lipinski definition) is 1. The molecule has 2 aromatic rings. The van der Waals surface area contributed by atoms with E-state index >= 15 is 0 Å². The standard InChI is InChI=1S/C17H18IN/c1-12-2-4-13(5-3-12)14-10-17(11-14)19-16-8-6-15(18)7-9-16/h2-9,14,17,19H,10-11H2,1H3. The second-order valence-electron chi connectivity index (χ2n) is 5.43. The van der Waals surface area contributed by atoms with E-state index < -0.39 is 0 Å². The SMILES string of the molecule is Cc1ccc(C2CC(Nc3ccc(I)cc3)C2)cc1. The van der Waals surface area contributed by atoms with Gasteiger partial charge in [0.15, 0.2) is 0 Å². The van der Waals surface area contributed by atoms with E-state index in [9.17, 15) is 0 Å². The fraction of sp³-hybridized carbons (Fsp3) is 0.294. The van der Waals surface area contributed by atoms with E-state index in [0.717, 1.165) is 5.92 Å². The zero-order valence-corrected chi connectivity index (χ0v) is 13.2. The van der Waals surface area contributed by atoms with Crippen LogP contribution in [-0.2, 0) is 0 Å². The molecule has 1 N–H and O–H groups in total. The molecule has 0 aliphatic heterocycles. The van der Waals surface area contributed by atoms with Gasteiger partial charge < -0.3 is 5.32 Å². The van der Waals surface area contributed by atoms with Crippen LogP contribution in [0.3, 0.4) is 0 Å². The average molecular weight is 363 g/mol. The van der Waals surface area contributed by atoms with Crippen molar-refractivity contribution in [2.24, 2.45) is 0 Å². The lowest BCUT2D eigenvalue weighted by Crippen LogP contribution is -2.33. The predicted octanol–water partition coefficient (Wildman–Crippen LogP) is 4.96. The summed E-state index contributed by atoms with van der Waals surface area (Å²) in [7, 11) is 0. The molecule has 0 unspecified atom stereocenters. The number of aryl methyl sites for hydroxylation is 1. The van der Waals surface area contributed by atoms with E-state index in [0.29, 0.717) is 6.04 Å². The summed E-state index contributed by atoms with van der Waals surface area (Å²) in [6.45, 7) is 2.14. The molecule has 19 heavy (non-hydrogen) atoms. The van der Waals surface area contributed by atoms with Crippen molar-refractivity contribution in [3.05, 3.63) is 63.2 Å². The lowest BCUT2D eigenvalue weighted by atomic mass is 9.75. The Bertz CT molecular complexity index is 538. The first-order chi connectivity index (χ1) is 9.20. The highest BCUT2D eigenvalue weighted by molar-refractivity contribution is 14.1. The van der Waals surface area contributed by atoms with Crippen molar-refractivity contribution < 1.29 is 0 Å². The van der Waals surface area contributed by atoms with Crippen LogP contribution in [-0.4, -0.2) is 6.04 Å². The Kier molecular flexibility index (Phi) is 3.78. The van der Waals surface area contributed by atoms with Gasteiger partial charge in [0, 0.05) is 15.3 Å². The van der Waals surface area contributed by atoms with Crippen LogP contribution in [0.4, 0.5) is 5.69 Å². The lowest BCUT2D eigenvalue weighted by molar-refractivity contribution is 0.374. The van der Waals surface area contributed by atoms with Gasteiger partial charge in [0.1, 0.15) is 0 Å². The summed E-state index contributed by atoms with van der Waals surface area (Å²) in [4.78, 5) is 0. The van der Waals surface area contributed by atoms with Gasteiger partial charge in [-0.3, -0.25) is 0 Å². The molecule has 0 spiro atoms. The van der Waals surface area contributed by atoms with E-state index in [1.165, 1.54) is 33.2 Å². The van der Waals surface area contributed by atoms with E-state index in [2.05, 4.69) is 83.4 Å². The molecule has 0 heterocycles. The molecule has 2 heteroatoms. The van der Waals surface area contributed by atoms with E-state index in [-0.39, 0.29) is 0 Å². The zero-order valence-electron chi connectivity index (χ0n) is 11.1. The van der Waals surface area contributed by atoms with Gasteiger partial charge in [0.05, 0.1) is 0 Å². The van der Waals surface area contributed by atoms with E-state index in [1.807, 2.05) is 0 Å². The smallest absolute Gasteiger partial charge is 0.0343 e. The summed E-state index contributed by atoms with van der Waals surface area (Å²) in [6, 6.07) is 18.3. The van der Waals surface area contributed by atoms with E-state index in [1.54, 1.807) is 0 Å². The molecule has 2 aromatic carbocycles. The second kappa shape index (κ2) is 5.53. The molecule has 98 valence electrons. The first kappa shape index (κ1) is 13.0. The number of anilines is 1. The van der Waals surface area contributed by atoms with Crippen LogP contribution in [0.1, 0.15) is 29.9 Å². The van der Waals surface area contributed by atoms with Gasteiger partial charge in [-0.15, -0.1) is 0 Å². The molecule has 0 atom stereocenters. The summed E-state index contributed by atoms with van der Waals surface area (Å²) < 4.78 is 1.29. The molecule has 1 aliphatic carbocycles. The highest BCUT2D eigenvalue weighted by atomic mass is 127. The van der Waals surface area contributed by atoms with Crippen molar-refractivity contribution in [2.75, 3.05) is 5.32 Å². The van der Waals surface area contributed by atoms with Crippen molar-refractivity contribution in [1.82, 2.24) is 0 Å². The number of rotatable bonds is 3. The van der Waals surface area contributed by atoms with Crippen molar-refractivity contribution in [2.45, 2.75) is 31.7 Å². The summed E-state index contributed by atoms with van der Waals surface area (Å²) >= 11 is 2.34. The maximum atomic E-state index is 3.61. The number of nitrogens with one attached hydrogen (secondary N) is 1. The molecule has 0 aromatic heterocycles. The van der Waals surface area contributed by atoms with Crippen molar-refractivity contribution in [3.63, 3.8) is 0 Å². The van der Waals surface area contributed by atoms with Gasteiger partial charge in [-0.25, -0.2) is 0 Å². The van der Waals surface area contributed by atoms with Crippen LogP contribution < -0.4 is 5.32 Å². The van der Waals surface area contributed by atoms with Gasteiger partial charge in [0.2, 0.25) is 0 Å². The van der Waals surface area contributed by atoms with Crippen LogP contribution in [0.2, 0.25) is 0 Å². The topological polar surface area (TPSA) is 12.0 Å². The molecule has 3 rings (SSSR count). The summed E-state index contributed by atoms with van der Waals surface area (Å²) in [5.41, 5.74) is 4.08. The van der Waals surface area contributed by atoms with Gasteiger partial charge in [0.25, 0.3) is 0 Å². The Hall–Kier alpha value is -1.03. The zero-order chi connectivity index (χ0) is 13.2. The fourth-order valence-electron chi connectivity index (χ4n) is 2.63. The third-order valence-corrected chi connectivity index (χ3v) is 4.62. The Morgan fingerprint density at radius 1 is 0.947 bits per heavy atom. The van der Waals surface area contributed by atoms with Crippen LogP contribution in [0, 0.1) is 10.5 Å². The lowest BCUT2D eigenvalue weighted by Gasteiger charge is -2.37. The Balaban J connectivity index is 1.55. The monoisotopic (exact) mass is 363 g/mol. The predicted molar refractivity (Wildman–Crippen MR) is 89.7 cm³/mol. The molecule has 1 aliphatic rings. The molecule has 1 fully saturated rings. The van der Waals surface area contributed by atoms with Gasteiger partial charge in [-0.2, -0.15) is 0 Å². The number of halogens is 1. The third kappa shape index (κ3) is 3.11. The molecule has 1 nitrogen and oxygen atoms in total. The van der Waals surface area contributed by atoms with Crippen LogP contribution in [0.5, 0.6) is 0 Å². The highest BCUT2D eigenvalue weighted by Gasteiger charge is 2.29. The van der Waals surface area contributed by atoms with Crippen molar-refractivity contribution >= 4 is 28.3 Å². The van der Waals surface area contributed by atoms with Gasteiger partial charge in [-0.1, -0.05) is 29.8 Å². The second-order valence-corrected chi connectivity index (χ2v) is 6.67. The van der Waals surface area contributed by atoms with Crippen molar-refractivity contribution in [3.8, 4) is 0 Å². The molecule has 0 radical (unpaired) electrons. The molecule has 0 saturated heterocycles. The summed E-state index contributed by atoms with van der Waals surface area (Å²) in [5, 5.41) is 3.61. The quantitative estimate of drug-likeness (QED) is 0.761. The first-order valence-corrected chi connectivity index (χ1v) is 7.87. The molecular weight excluding hydrogens is 345 g/mol. The summed E-state index contributed by atoms with van der Waals surface area (Å²) in [5.74, 6) is 0.738. The molecule has 1 saturated carbocycles. The highest BCUT2D eigenvalue weighted by Crippen LogP contribution is 2.38. The maximum absolute atomic E-state index is 3.61. The van der Waals surface area contributed by atoms with Gasteiger partial charge >= 0.3 is 0 Å². The Morgan fingerprint density at radius 2 is 1.58 bits per heavy atom. The largest absolute Gasteiger partial charge is 0.382 e. The number of benzene rings is 2. The minimum atomic E-state index is 0.631. The molecule has 0 bridgehead atoms. The average Bonchev–Trinajstić information content (AvgIpc) is 2.37. The van der Waals surface area contributed by atoms with Crippen LogP contribution >= 0.6 is 22.6 Å². The summed E-state index contributed by atoms with van der Waals surface area (Å²) in [6.07, 6.45) is 2.49. The van der Waals surface area contributed by atoms with Crippen molar-refractivity contribution in [1.29, 1.82) is 0 Å². The van der Waals surface area contributed by atoms with Crippen LogP contribution in [0.25, 0.3) is 0 Å². The normalized spacial score (nSPS) is 21.8. The van der Waals surface area contributed by atoms with Gasteiger partial charge in [-0.05, 0) is 78.1 Å². The molecular formula is C17H18IN. The third-order valence-electron chi connectivity index (χ3n) is 3.90. The Labute approximate surface area is 128 Å². The Morgan fingerprint density at radius 3 is 2.21 bits per heavy atom. The molecule has 0 amide bonds.